The molecule has 0 aromatic carbocycles. The molecular weight excluding hydrogens is 244 g/mol. The molecule has 2 aromatic rings. The highest BCUT2D eigenvalue weighted by Gasteiger charge is 2.10. The maximum atomic E-state index is 12.4. The number of aromatic nitrogens is 2. The van der Waals surface area contributed by atoms with E-state index < -0.39 is 0 Å². The molecule has 0 unspecified atom stereocenters. The van der Waals surface area contributed by atoms with Crippen molar-refractivity contribution >= 4 is 21.6 Å². The molecule has 2 heterocycles. The van der Waals surface area contributed by atoms with Gasteiger partial charge in [0.05, 0.1) is 5.39 Å². The SMILES string of the molecule is CCCCCn1c(C)nc2sc(CC)cc2c1=O. The number of fused-ring (bicyclic) bond motifs is 1. The van der Waals surface area contributed by atoms with E-state index in [4.69, 9.17) is 0 Å². The molecule has 0 aliphatic heterocycles. The van der Waals surface area contributed by atoms with E-state index in [0.29, 0.717) is 0 Å². The second kappa shape index (κ2) is 5.65. The zero-order valence-corrected chi connectivity index (χ0v) is 12.1. The van der Waals surface area contributed by atoms with Gasteiger partial charge in [-0.05, 0) is 25.8 Å². The van der Waals surface area contributed by atoms with Crippen LogP contribution in [0.25, 0.3) is 10.2 Å². The fraction of sp³-hybridized carbons (Fsp3) is 0.571. The van der Waals surface area contributed by atoms with Gasteiger partial charge in [0, 0.05) is 11.4 Å². The van der Waals surface area contributed by atoms with Crippen molar-refractivity contribution in [1.82, 2.24) is 9.55 Å². The minimum absolute atomic E-state index is 0.129. The monoisotopic (exact) mass is 264 g/mol. The summed E-state index contributed by atoms with van der Waals surface area (Å²) < 4.78 is 1.82. The predicted octanol–water partition coefficient (Wildman–Crippen LogP) is 3.52. The molecule has 0 aliphatic rings. The van der Waals surface area contributed by atoms with Crippen molar-refractivity contribution in [3.63, 3.8) is 0 Å². The van der Waals surface area contributed by atoms with Gasteiger partial charge in [-0.3, -0.25) is 9.36 Å². The van der Waals surface area contributed by atoms with E-state index in [1.54, 1.807) is 11.3 Å². The lowest BCUT2D eigenvalue weighted by atomic mass is 10.2. The van der Waals surface area contributed by atoms with Gasteiger partial charge in [-0.2, -0.15) is 0 Å². The minimum atomic E-state index is 0.129. The molecule has 18 heavy (non-hydrogen) atoms. The molecule has 0 amide bonds. The average molecular weight is 264 g/mol. The average Bonchev–Trinajstić information content (AvgIpc) is 2.76. The van der Waals surface area contributed by atoms with Crippen LogP contribution in [0.3, 0.4) is 0 Å². The Kier molecular flexibility index (Phi) is 4.17. The van der Waals surface area contributed by atoms with Crippen LogP contribution in [-0.4, -0.2) is 9.55 Å². The van der Waals surface area contributed by atoms with E-state index in [-0.39, 0.29) is 5.56 Å². The van der Waals surface area contributed by atoms with Crippen LogP contribution >= 0.6 is 11.3 Å². The summed E-state index contributed by atoms with van der Waals surface area (Å²) in [4.78, 5) is 19.1. The van der Waals surface area contributed by atoms with E-state index in [0.717, 1.165) is 41.8 Å². The summed E-state index contributed by atoms with van der Waals surface area (Å²) in [7, 11) is 0. The van der Waals surface area contributed by atoms with Crippen molar-refractivity contribution in [1.29, 1.82) is 0 Å². The first kappa shape index (κ1) is 13.3. The molecule has 0 saturated heterocycles. The van der Waals surface area contributed by atoms with Crippen LogP contribution in [0.2, 0.25) is 0 Å². The zero-order chi connectivity index (χ0) is 13.1. The molecule has 0 spiro atoms. The van der Waals surface area contributed by atoms with Crippen molar-refractivity contribution in [3.05, 3.63) is 27.1 Å². The largest absolute Gasteiger partial charge is 0.296 e. The lowest BCUT2D eigenvalue weighted by molar-refractivity contribution is 0.570. The zero-order valence-electron chi connectivity index (χ0n) is 11.3. The summed E-state index contributed by atoms with van der Waals surface area (Å²) >= 11 is 1.64. The normalized spacial score (nSPS) is 11.3. The first-order valence-corrected chi connectivity index (χ1v) is 7.48. The molecule has 3 nitrogen and oxygen atoms in total. The molecule has 0 fully saturated rings. The Morgan fingerprint density at radius 2 is 2.11 bits per heavy atom. The molecule has 0 radical (unpaired) electrons. The molecule has 2 aromatic heterocycles. The van der Waals surface area contributed by atoms with Crippen molar-refractivity contribution in [2.75, 3.05) is 0 Å². The summed E-state index contributed by atoms with van der Waals surface area (Å²) in [6.07, 6.45) is 4.35. The fourth-order valence-corrected chi connectivity index (χ4v) is 3.13. The summed E-state index contributed by atoms with van der Waals surface area (Å²) in [6, 6.07) is 2.01. The Bertz CT molecular complexity index is 598. The molecule has 4 heteroatoms. The molecular formula is C14H20N2OS. The molecule has 0 N–H and O–H groups in total. The van der Waals surface area contributed by atoms with Crippen LogP contribution in [0.1, 0.15) is 43.8 Å². The van der Waals surface area contributed by atoms with Gasteiger partial charge in [-0.15, -0.1) is 11.3 Å². The first-order valence-electron chi connectivity index (χ1n) is 6.67. The van der Waals surface area contributed by atoms with E-state index in [1.165, 1.54) is 11.3 Å². The Balaban J connectivity index is 2.44. The minimum Gasteiger partial charge on any atom is -0.296 e. The van der Waals surface area contributed by atoms with Gasteiger partial charge >= 0.3 is 0 Å². The summed E-state index contributed by atoms with van der Waals surface area (Å²) in [5, 5.41) is 0.791. The number of hydrogen-bond acceptors (Lipinski definition) is 3. The van der Waals surface area contributed by atoms with Gasteiger partial charge in [0.25, 0.3) is 5.56 Å². The van der Waals surface area contributed by atoms with E-state index in [2.05, 4.69) is 18.8 Å². The lowest BCUT2D eigenvalue weighted by Gasteiger charge is -2.08. The lowest BCUT2D eigenvalue weighted by Crippen LogP contribution is -2.23. The molecule has 0 atom stereocenters. The second-order valence-electron chi connectivity index (χ2n) is 4.61. The third kappa shape index (κ3) is 2.48. The number of nitrogens with zero attached hydrogens (tertiary/aromatic N) is 2. The van der Waals surface area contributed by atoms with Gasteiger partial charge in [-0.25, -0.2) is 4.98 Å². The molecule has 0 saturated carbocycles. The quantitative estimate of drug-likeness (QED) is 0.774. The standard InChI is InChI=1S/C14H20N2OS/c1-4-6-7-8-16-10(3)15-13-12(14(16)17)9-11(5-2)18-13/h9H,4-8H2,1-3H3. The Morgan fingerprint density at radius 1 is 1.33 bits per heavy atom. The van der Waals surface area contributed by atoms with Gasteiger partial charge in [-0.1, -0.05) is 26.7 Å². The van der Waals surface area contributed by atoms with Gasteiger partial charge in [0.2, 0.25) is 0 Å². The highest BCUT2D eigenvalue weighted by molar-refractivity contribution is 7.18. The number of rotatable bonds is 5. The van der Waals surface area contributed by atoms with Crippen molar-refractivity contribution in [2.24, 2.45) is 0 Å². The molecule has 0 bridgehead atoms. The number of aryl methyl sites for hydroxylation is 2. The van der Waals surface area contributed by atoms with Gasteiger partial charge < -0.3 is 0 Å². The highest BCUT2D eigenvalue weighted by atomic mass is 32.1. The van der Waals surface area contributed by atoms with Crippen molar-refractivity contribution in [2.45, 2.75) is 53.0 Å². The van der Waals surface area contributed by atoms with E-state index in [9.17, 15) is 4.79 Å². The van der Waals surface area contributed by atoms with Gasteiger partial charge in [0.15, 0.2) is 0 Å². The maximum absolute atomic E-state index is 12.4. The smallest absolute Gasteiger partial charge is 0.262 e. The summed E-state index contributed by atoms with van der Waals surface area (Å²) in [5.74, 6) is 0.841. The first-order chi connectivity index (χ1) is 8.67. The van der Waals surface area contributed by atoms with Crippen molar-refractivity contribution in [3.8, 4) is 0 Å². The Morgan fingerprint density at radius 3 is 2.78 bits per heavy atom. The predicted molar refractivity (Wildman–Crippen MR) is 77.5 cm³/mol. The van der Waals surface area contributed by atoms with Crippen LogP contribution in [0, 0.1) is 6.92 Å². The van der Waals surface area contributed by atoms with E-state index >= 15 is 0 Å². The maximum Gasteiger partial charge on any atom is 0.262 e. The number of unbranched alkanes of at least 4 members (excludes halogenated alkanes) is 2. The Hall–Kier alpha value is -1.16. The molecule has 98 valence electrons. The number of hydrogen-bond donors (Lipinski definition) is 0. The Labute approximate surface area is 111 Å². The molecule has 0 aliphatic carbocycles. The van der Waals surface area contributed by atoms with E-state index in [1.807, 2.05) is 17.6 Å². The summed E-state index contributed by atoms with van der Waals surface area (Å²) in [6.45, 7) is 7.00. The third-order valence-electron chi connectivity index (χ3n) is 3.23. The van der Waals surface area contributed by atoms with Crippen LogP contribution in [0.4, 0.5) is 0 Å². The second-order valence-corrected chi connectivity index (χ2v) is 5.72. The topological polar surface area (TPSA) is 34.9 Å². The van der Waals surface area contributed by atoms with Crippen LogP contribution in [0.5, 0.6) is 0 Å². The fourth-order valence-electron chi connectivity index (χ4n) is 2.12. The number of thiophene rings is 1. The van der Waals surface area contributed by atoms with Crippen LogP contribution in [0.15, 0.2) is 10.9 Å². The van der Waals surface area contributed by atoms with Crippen LogP contribution in [-0.2, 0) is 13.0 Å². The highest BCUT2D eigenvalue weighted by Crippen LogP contribution is 2.22. The van der Waals surface area contributed by atoms with Gasteiger partial charge in [0.1, 0.15) is 10.7 Å². The van der Waals surface area contributed by atoms with Crippen LogP contribution < -0.4 is 5.56 Å². The molecule has 2 rings (SSSR count). The summed E-state index contributed by atoms with van der Waals surface area (Å²) in [5.41, 5.74) is 0.129. The third-order valence-corrected chi connectivity index (χ3v) is 4.40. The van der Waals surface area contributed by atoms with Crippen molar-refractivity contribution < 1.29 is 0 Å².